The molecule has 0 aliphatic rings. The summed E-state index contributed by atoms with van der Waals surface area (Å²) in [5.74, 6) is -0.339. The number of hydrogen-bond donors (Lipinski definition) is 1. The van der Waals surface area contributed by atoms with Gasteiger partial charge >= 0.3 is 0 Å². The van der Waals surface area contributed by atoms with Gasteiger partial charge in [-0.2, -0.15) is 0 Å². The molecule has 2 atom stereocenters. The number of carbonyl (C=O) groups excluding carboxylic acids is 1. The molecule has 0 unspecified atom stereocenters. The molecule has 0 aromatic rings. The van der Waals surface area contributed by atoms with Gasteiger partial charge in [-0.15, -0.1) is 0 Å². The van der Waals surface area contributed by atoms with Crippen molar-refractivity contribution in [3.8, 4) is 0 Å². The standard InChI is InChI=1S/C4H7Br2NO/c1-2(5)3(6)4(7)8/h2-3H,1H3,(H2,7,8)/t2-,3-/m0/s1. The van der Waals surface area contributed by atoms with E-state index >= 15 is 0 Å². The predicted octanol–water partition coefficient (Wildman–Crippen LogP) is 1.02. The summed E-state index contributed by atoms with van der Waals surface area (Å²) in [4.78, 5) is 10.1. The third kappa shape index (κ3) is 2.67. The molecule has 0 radical (unpaired) electrons. The lowest BCUT2D eigenvalue weighted by Gasteiger charge is -2.05. The third-order valence-corrected chi connectivity index (χ3v) is 3.16. The van der Waals surface area contributed by atoms with E-state index in [1.807, 2.05) is 6.92 Å². The number of alkyl halides is 2. The zero-order valence-corrected chi connectivity index (χ0v) is 7.57. The number of carbonyl (C=O) groups is 1. The van der Waals surface area contributed by atoms with Crippen LogP contribution in [-0.4, -0.2) is 15.6 Å². The van der Waals surface area contributed by atoms with Crippen molar-refractivity contribution in [2.45, 2.75) is 16.6 Å². The second kappa shape index (κ2) is 3.45. The molecule has 48 valence electrons. The number of rotatable bonds is 2. The molecule has 0 heterocycles. The van der Waals surface area contributed by atoms with Gasteiger partial charge in [-0.1, -0.05) is 38.8 Å². The van der Waals surface area contributed by atoms with Gasteiger partial charge in [0, 0.05) is 4.83 Å². The van der Waals surface area contributed by atoms with Gasteiger partial charge in [0.15, 0.2) is 0 Å². The van der Waals surface area contributed by atoms with E-state index < -0.39 is 0 Å². The Hall–Kier alpha value is 0.430. The van der Waals surface area contributed by atoms with E-state index in [-0.39, 0.29) is 15.6 Å². The Balaban J connectivity index is 3.64. The number of amides is 1. The van der Waals surface area contributed by atoms with E-state index in [0.717, 1.165) is 0 Å². The minimum absolute atomic E-state index is 0.0972. The van der Waals surface area contributed by atoms with Crippen molar-refractivity contribution < 1.29 is 4.79 Å². The van der Waals surface area contributed by atoms with Crippen LogP contribution in [0.3, 0.4) is 0 Å². The minimum atomic E-state index is -0.339. The van der Waals surface area contributed by atoms with Gasteiger partial charge in [0.1, 0.15) is 4.83 Å². The third-order valence-electron chi connectivity index (χ3n) is 0.675. The van der Waals surface area contributed by atoms with Crippen LogP contribution < -0.4 is 5.73 Å². The fourth-order valence-electron chi connectivity index (χ4n) is 0.226. The molecule has 1 amide bonds. The Morgan fingerprint density at radius 2 is 2.00 bits per heavy atom. The van der Waals surface area contributed by atoms with Crippen LogP contribution >= 0.6 is 31.9 Å². The van der Waals surface area contributed by atoms with Gasteiger partial charge < -0.3 is 5.73 Å². The van der Waals surface area contributed by atoms with Crippen molar-refractivity contribution in [3.63, 3.8) is 0 Å². The van der Waals surface area contributed by atoms with Crippen molar-refractivity contribution in [1.82, 2.24) is 0 Å². The lowest BCUT2D eigenvalue weighted by Crippen LogP contribution is -2.28. The van der Waals surface area contributed by atoms with Crippen LogP contribution in [0, 0.1) is 0 Å². The Bertz CT molecular complexity index is 94.0. The summed E-state index contributed by atoms with van der Waals surface area (Å²) in [6, 6.07) is 0. The van der Waals surface area contributed by atoms with E-state index in [1.165, 1.54) is 0 Å². The largest absolute Gasteiger partial charge is 0.369 e. The van der Waals surface area contributed by atoms with Gasteiger partial charge in [-0.25, -0.2) is 0 Å². The first-order chi connectivity index (χ1) is 3.55. The number of primary amides is 1. The van der Waals surface area contributed by atoms with Crippen molar-refractivity contribution in [2.24, 2.45) is 5.73 Å². The van der Waals surface area contributed by atoms with Crippen molar-refractivity contribution in [3.05, 3.63) is 0 Å². The zero-order chi connectivity index (χ0) is 6.73. The summed E-state index contributed by atoms with van der Waals surface area (Å²) in [5.41, 5.74) is 4.92. The van der Waals surface area contributed by atoms with E-state index in [9.17, 15) is 4.79 Å². The summed E-state index contributed by atoms with van der Waals surface area (Å²) in [5, 5.41) is 0. The quantitative estimate of drug-likeness (QED) is 0.725. The molecular weight excluding hydrogens is 238 g/mol. The normalized spacial score (nSPS) is 17.4. The molecule has 0 saturated carbocycles. The average Bonchev–Trinajstić information content (AvgIpc) is 1.64. The van der Waals surface area contributed by atoms with Crippen LogP contribution in [0.5, 0.6) is 0 Å². The predicted molar refractivity (Wildman–Crippen MR) is 40.3 cm³/mol. The van der Waals surface area contributed by atoms with E-state index in [1.54, 1.807) is 0 Å². The number of hydrogen-bond acceptors (Lipinski definition) is 1. The topological polar surface area (TPSA) is 43.1 Å². The number of nitrogens with two attached hydrogens (primary N) is 1. The maximum absolute atomic E-state index is 10.3. The van der Waals surface area contributed by atoms with Crippen LogP contribution in [-0.2, 0) is 4.79 Å². The maximum atomic E-state index is 10.3. The fraction of sp³-hybridized carbons (Fsp3) is 0.750. The number of halogens is 2. The Kier molecular flexibility index (Phi) is 3.64. The molecule has 0 aromatic carbocycles. The van der Waals surface area contributed by atoms with Crippen LogP contribution in [0.4, 0.5) is 0 Å². The second-order valence-electron chi connectivity index (χ2n) is 1.48. The highest BCUT2D eigenvalue weighted by Gasteiger charge is 2.15. The maximum Gasteiger partial charge on any atom is 0.232 e. The average molecular weight is 245 g/mol. The molecule has 0 aliphatic carbocycles. The highest BCUT2D eigenvalue weighted by atomic mass is 79.9. The molecule has 0 fully saturated rings. The summed E-state index contributed by atoms with van der Waals surface area (Å²) in [6.07, 6.45) is 0. The van der Waals surface area contributed by atoms with Gasteiger partial charge in [0.25, 0.3) is 0 Å². The summed E-state index contributed by atoms with van der Waals surface area (Å²) in [6.45, 7) is 1.85. The molecule has 0 aliphatic heterocycles. The van der Waals surface area contributed by atoms with Crippen LogP contribution in [0.1, 0.15) is 6.92 Å². The lowest BCUT2D eigenvalue weighted by atomic mass is 10.3. The van der Waals surface area contributed by atoms with E-state index in [2.05, 4.69) is 31.9 Å². The van der Waals surface area contributed by atoms with Gasteiger partial charge in [0.2, 0.25) is 5.91 Å². The molecule has 0 bridgehead atoms. The monoisotopic (exact) mass is 243 g/mol. The van der Waals surface area contributed by atoms with Crippen molar-refractivity contribution >= 4 is 37.8 Å². The first kappa shape index (κ1) is 8.43. The van der Waals surface area contributed by atoms with E-state index in [0.29, 0.717) is 0 Å². The molecule has 2 N–H and O–H groups in total. The van der Waals surface area contributed by atoms with Crippen molar-refractivity contribution in [2.75, 3.05) is 0 Å². The molecule has 8 heavy (non-hydrogen) atoms. The van der Waals surface area contributed by atoms with Crippen LogP contribution in [0.15, 0.2) is 0 Å². The summed E-state index contributed by atoms with van der Waals surface area (Å²) < 4.78 is 0. The second-order valence-corrected chi connectivity index (χ2v) is 3.91. The molecular formula is C4H7Br2NO. The smallest absolute Gasteiger partial charge is 0.232 e. The molecule has 4 heteroatoms. The summed E-state index contributed by atoms with van der Waals surface area (Å²) >= 11 is 6.28. The first-order valence-electron chi connectivity index (χ1n) is 2.13. The summed E-state index contributed by atoms with van der Waals surface area (Å²) in [7, 11) is 0. The minimum Gasteiger partial charge on any atom is -0.369 e. The van der Waals surface area contributed by atoms with Crippen molar-refractivity contribution in [1.29, 1.82) is 0 Å². The molecule has 0 aromatic heterocycles. The molecule has 2 nitrogen and oxygen atoms in total. The lowest BCUT2D eigenvalue weighted by molar-refractivity contribution is -0.117. The molecule has 0 saturated heterocycles. The van der Waals surface area contributed by atoms with Crippen LogP contribution in [0.25, 0.3) is 0 Å². The molecule has 0 rings (SSSR count). The Labute approximate surface area is 65.1 Å². The first-order valence-corrected chi connectivity index (χ1v) is 3.96. The highest BCUT2D eigenvalue weighted by molar-refractivity contribution is 9.12. The SMILES string of the molecule is C[C@H](Br)[C@H](Br)C(N)=O. The van der Waals surface area contributed by atoms with Gasteiger partial charge in [-0.3, -0.25) is 4.79 Å². The zero-order valence-electron chi connectivity index (χ0n) is 4.40. The van der Waals surface area contributed by atoms with Gasteiger partial charge in [0.05, 0.1) is 0 Å². The Morgan fingerprint density at radius 1 is 1.62 bits per heavy atom. The fourth-order valence-corrected chi connectivity index (χ4v) is 0.487. The highest BCUT2D eigenvalue weighted by Crippen LogP contribution is 2.11. The van der Waals surface area contributed by atoms with Gasteiger partial charge in [-0.05, 0) is 0 Å². The Morgan fingerprint density at radius 3 is 2.00 bits per heavy atom. The van der Waals surface area contributed by atoms with E-state index in [4.69, 9.17) is 5.73 Å². The van der Waals surface area contributed by atoms with Crippen LogP contribution in [0.2, 0.25) is 0 Å². The molecule has 0 spiro atoms.